The third-order valence-electron chi connectivity index (χ3n) is 2.51. The van der Waals surface area contributed by atoms with Crippen LogP contribution in [0, 0.1) is 0 Å². The van der Waals surface area contributed by atoms with Crippen LogP contribution in [0.5, 0.6) is 0 Å². The molecule has 2 N–H and O–H groups in total. The first kappa shape index (κ1) is 15.2. The molecule has 7 nitrogen and oxygen atoms in total. The van der Waals surface area contributed by atoms with Gasteiger partial charge in [-0.3, -0.25) is 4.79 Å². The Balaban J connectivity index is 4.63. The van der Waals surface area contributed by atoms with Crippen molar-refractivity contribution >= 4 is 17.9 Å². The Morgan fingerprint density at radius 3 is 2.24 bits per heavy atom. The number of carbonyl (C=O) groups is 3. The second-order valence-corrected chi connectivity index (χ2v) is 3.60. The lowest BCUT2D eigenvalue weighted by atomic mass is 10.3. The average Bonchev–Trinajstić information content (AvgIpc) is 2.32. The van der Waals surface area contributed by atoms with Crippen molar-refractivity contribution < 1.29 is 19.5 Å². The maximum absolute atomic E-state index is 11.9. The standard InChI is InChI=1S/C10H19N3O4/c1-5-13(6-8(14)11-3)10(17)12(4)7(2)9(15)16/h7H,5-6H2,1-4H3,(H,11,14)(H,15,16). The maximum Gasteiger partial charge on any atom is 0.326 e. The summed E-state index contributed by atoms with van der Waals surface area (Å²) in [6, 6.07) is -1.41. The van der Waals surface area contributed by atoms with Crippen LogP contribution in [-0.4, -0.2) is 66.0 Å². The lowest BCUT2D eigenvalue weighted by Crippen LogP contribution is -2.50. The molecule has 0 aromatic heterocycles. The molecule has 3 amide bonds. The number of hydrogen-bond donors (Lipinski definition) is 2. The lowest BCUT2D eigenvalue weighted by Gasteiger charge is -2.28. The van der Waals surface area contributed by atoms with E-state index in [0.717, 1.165) is 4.90 Å². The molecule has 0 spiro atoms. The summed E-state index contributed by atoms with van der Waals surface area (Å²) in [4.78, 5) is 36.2. The van der Waals surface area contributed by atoms with Crippen LogP contribution in [0.15, 0.2) is 0 Å². The second kappa shape index (κ2) is 6.72. The number of carbonyl (C=O) groups excluding carboxylic acids is 2. The Morgan fingerprint density at radius 2 is 1.88 bits per heavy atom. The van der Waals surface area contributed by atoms with Gasteiger partial charge in [-0.25, -0.2) is 9.59 Å². The van der Waals surface area contributed by atoms with E-state index in [9.17, 15) is 14.4 Å². The first-order valence-corrected chi connectivity index (χ1v) is 5.30. The molecule has 0 fully saturated rings. The smallest absolute Gasteiger partial charge is 0.326 e. The Hall–Kier alpha value is -1.79. The number of carboxylic acid groups (broad SMARTS) is 1. The fourth-order valence-electron chi connectivity index (χ4n) is 1.12. The van der Waals surface area contributed by atoms with Gasteiger partial charge in [-0.2, -0.15) is 0 Å². The number of nitrogens with zero attached hydrogens (tertiary/aromatic N) is 2. The third-order valence-corrected chi connectivity index (χ3v) is 2.51. The number of carboxylic acids is 1. The van der Waals surface area contributed by atoms with E-state index >= 15 is 0 Å². The van der Waals surface area contributed by atoms with E-state index in [0.29, 0.717) is 6.54 Å². The summed E-state index contributed by atoms with van der Waals surface area (Å²) in [5.41, 5.74) is 0. The summed E-state index contributed by atoms with van der Waals surface area (Å²) >= 11 is 0. The van der Waals surface area contributed by atoms with Gasteiger partial charge in [-0.15, -0.1) is 0 Å². The van der Waals surface area contributed by atoms with Crippen molar-refractivity contribution in [3.63, 3.8) is 0 Å². The van der Waals surface area contributed by atoms with Crippen molar-refractivity contribution in [3.8, 4) is 0 Å². The maximum atomic E-state index is 11.9. The van der Waals surface area contributed by atoms with E-state index in [1.54, 1.807) is 6.92 Å². The zero-order chi connectivity index (χ0) is 13.6. The van der Waals surface area contributed by atoms with Crippen LogP contribution in [0.1, 0.15) is 13.8 Å². The summed E-state index contributed by atoms with van der Waals surface area (Å²) < 4.78 is 0. The van der Waals surface area contributed by atoms with Gasteiger partial charge < -0.3 is 20.2 Å². The van der Waals surface area contributed by atoms with Crippen molar-refractivity contribution in [2.45, 2.75) is 19.9 Å². The largest absolute Gasteiger partial charge is 0.480 e. The van der Waals surface area contributed by atoms with E-state index < -0.39 is 18.0 Å². The molecule has 0 aromatic carbocycles. The van der Waals surface area contributed by atoms with Crippen molar-refractivity contribution in [2.75, 3.05) is 27.2 Å². The molecule has 98 valence electrons. The predicted octanol–water partition coefficient (Wildman–Crippen LogP) is -0.421. The Labute approximate surface area is 100 Å². The Bertz CT molecular complexity index is 306. The first-order valence-electron chi connectivity index (χ1n) is 5.30. The number of aliphatic carboxylic acids is 1. The van der Waals surface area contributed by atoms with Crippen molar-refractivity contribution in [1.29, 1.82) is 0 Å². The number of nitrogens with one attached hydrogen (secondary N) is 1. The normalized spacial score (nSPS) is 11.5. The SMILES string of the molecule is CCN(CC(=O)NC)C(=O)N(C)C(C)C(=O)O. The molecule has 0 radical (unpaired) electrons. The number of likely N-dealkylation sites (N-methyl/N-ethyl adjacent to an activating group) is 3. The second-order valence-electron chi connectivity index (χ2n) is 3.60. The van der Waals surface area contributed by atoms with E-state index in [1.807, 2.05) is 0 Å². The van der Waals surface area contributed by atoms with Crippen LogP contribution in [0.4, 0.5) is 4.79 Å². The molecule has 0 aromatic rings. The highest BCUT2D eigenvalue weighted by atomic mass is 16.4. The van der Waals surface area contributed by atoms with E-state index in [2.05, 4.69) is 5.32 Å². The van der Waals surface area contributed by atoms with Crippen molar-refractivity contribution in [3.05, 3.63) is 0 Å². The monoisotopic (exact) mass is 245 g/mol. The fraction of sp³-hybridized carbons (Fsp3) is 0.700. The molecule has 1 unspecified atom stereocenters. The molecule has 0 rings (SSSR count). The summed E-state index contributed by atoms with van der Waals surface area (Å²) in [5, 5.41) is 11.2. The number of rotatable bonds is 5. The fourth-order valence-corrected chi connectivity index (χ4v) is 1.12. The quantitative estimate of drug-likeness (QED) is 0.688. The molecule has 0 aliphatic rings. The molecule has 1 atom stereocenters. The number of amides is 3. The summed E-state index contributed by atoms with van der Waals surface area (Å²) in [6.45, 7) is 3.39. The predicted molar refractivity (Wildman–Crippen MR) is 61.6 cm³/mol. The van der Waals surface area contributed by atoms with Crippen LogP contribution in [0.25, 0.3) is 0 Å². The van der Waals surface area contributed by atoms with Crippen LogP contribution >= 0.6 is 0 Å². The van der Waals surface area contributed by atoms with Gasteiger partial charge in [0.1, 0.15) is 12.6 Å². The zero-order valence-electron chi connectivity index (χ0n) is 10.6. The van der Waals surface area contributed by atoms with Gasteiger partial charge in [0.2, 0.25) is 5.91 Å². The van der Waals surface area contributed by atoms with Gasteiger partial charge in [0, 0.05) is 20.6 Å². The minimum Gasteiger partial charge on any atom is -0.480 e. The van der Waals surface area contributed by atoms with Crippen LogP contribution < -0.4 is 5.32 Å². The highest BCUT2D eigenvalue weighted by molar-refractivity contribution is 5.86. The summed E-state index contributed by atoms with van der Waals surface area (Å²) in [6.07, 6.45) is 0. The molecular formula is C10H19N3O4. The first-order chi connectivity index (χ1) is 7.84. The molecule has 0 saturated heterocycles. The van der Waals surface area contributed by atoms with Crippen LogP contribution in [0.2, 0.25) is 0 Å². The van der Waals surface area contributed by atoms with Gasteiger partial charge in [-0.1, -0.05) is 0 Å². The molecule has 0 aliphatic carbocycles. The van der Waals surface area contributed by atoms with E-state index in [4.69, 9.17) is 5.11 Å². The summed E-state index contributed by atoms with van der Waals surface area (Å²) in [5.74, 6) is -1.38. The van der Waals surface area contributed by atoms with Gasteiger partial charge >= 0.3 is 12.0 Å². The van der Waals surface area contributed by atoms with Gasteiger partial charge in [0.25, 0.3) is 0 Å². The zero-order valence-corrected chi connectivity index (χ0v) is 10.6. The molecule has 7 heteroatoms. The lowest BCUT2D eigenvalue weighted by molar-refractivity contribution is -0.141. The highest BCUT2D eigenvalue weighted by Gasteiger charge is 2.26. The Morgan fingerprint density at radius 1 is 1.35 bits per heavy atom. The van der Waals surface area contributed by atoms with Gasteiger partial charge in [0.15, 0.2) is 0 Å². The molecular weight excluding hydrogens is 226 g/mol. The van der Waals surface area contributed by atoms with E-state index in [1.165, 1.54) is 25.9 Å². The van der Waals surface area contributed by atoms with Gasteiger partial charge in [0.05, 0.1) is 0 Å². The van der Waals surface area contributed by atoms with Crippen molar-refractivity contribution in [2.24, 2.45) is 0 Å². The molecule has 0 saturated carbocycles. The van der Waals surface area contributed by atoms with E-state index in [-0.39, 0.29) is 12.5 Å². The third kappa shape index (κ3) is 4.29. The molecule has 0 heterocycles. The Kier molecular flexibility index (Phi) is 6.01. The number of hydrogen-bond acceptors (Lipinski definition) is 3. The van der Waals surface area contributed by atoms with Crippen LogP contribution in [0.3, 0.4) is 0 Å². The number of urea groups is 1. The van der Waals surface area contributed by atoms with Gasteiger partial charge in [-0.05, 0) is 13.8 Å². The minimum absolute atomic E-state index is 0.0808. The van der Waals surface area contributed by atoms with Crippen LogP contribution in [-0.2, 0) is 9.59 Å². The minimum atomic E-state index is -1.09. The average molecular weight is 245 g/mol. The molecule has 0 aliphatic heterocycles. The highest BCUT2D eigenvalue weighted by Crippen LogP contribution is 2.02. The summed E-state index contributed by atoms with van der Waals surface area (Å²) in [7, 11) is 2.87. The topological polar surface area (TPSA) is 90.0 Å². The molecule has 0 bridgehead atoms. The van der Waals surface area contributed by atoms with Crippen molar-refractivity contribution in [1.82, 2.24) is 15.1 Å². The molecule has 17 heavy (non-hydrogen) atoms.